The summed E-state index contributed by atoms with van der Waals surface area (Å²) in [5, 5.41) is 3.75. The Balaban J connectivity index is 2.23. The third-order valence-corrected chi connectivity index (χ3v) is 4.42. The molecular formula is C16H23ClN2O. The predicted octanol–water partition coefficient (Wildman–Crippen LogP) is 3.01. The quantitative estimate of drug-likeness (QED) is 0.820. The minimum absolute atomic E-state index is 0.132. The zero-order valence-electron chi connectivity index (χ0n) is 11.8. The summed E-state index contributed by atoms with van der Waals surface area (Å²) >= 11 is 6.11. The molecule has 0 atom stereocenters. The van der Waals surface area contributed by atoms with Crippen molar-refractivity contribution in [2.24, 2.45) is 5.73 Å². The van der Waals surface area contributed by atoms with E-state index in [1.807, 2.05) is 24.3 Å². The molecule has 1 aromatic carbocycles. The number of benzene rings is 1. The van der Waals surface area contributed by atoms with Gasteiger partial charge in [0.1, 0.15) is 0 Å². The summed E-state index contributed by atoms with van der Waals surface area (Å²) in [6.07, 6.45) is 6.02. The van der Waals surface area contributed by atoms with Crippen LogP contribution < -0.4 is 11.1 Å². The van der Waals surface area contributed by atoms with Crippen molar-refractivity contribution in [3.63, 3.8) is 0 Å². The first-order valence-corrected chi connectivity index (χ1v) is 7.81. The number of nitrogens with two attached hydrogens (primary N) is 1. The number of halogens is 1. The van der Waals surface area contributed by atoms with Gasteiger partial charge in [0.2, 0.25) is 5.91 Å². The highest BCUT2D eigenvalue weighted by molar-refractivity contribution is 6.30. The van der Waals surface area contributed by atoms with Crippen LogP contribution in [-0.4, -0.2) is 19.0 Å². The van der Waals surface area contributed by atoms with Gasteiger partial charge in [0, 0.05) is 11.6 Å². The molecule has 0 aromatic heterocycles. The van der Waals surface area contributed by atoms with Crippen LogP contribution in [-0.2, 0) is 10.2 Å². The molecule has 110 valence electrons. The van der Waals surface area contributed by atoms with Gasteiger partial charge < -0.3 is 11.1 Å². The van der Waals surface area contributed by atoms with Crippen molar-refractivity contribution in [1.29, 1.82) is 0 Å². The maximum absolute atomic E-state index is 12.7. The van der Waals surface area contributed by atoms with Crippen molar-refractivity contribution in [2.75, 3.05) is 13.1 Å². The number of nitrogens with one attached hydrogen (secondary N) is 1. The lowest BCUT2D eigenvalue weighted by atomic mass is 9.68. The van der Waals surface area contributed by atoms with Gasteiger partial charge in [0.25, 0.3) is 0 Å². The molecule has 3 nitrogen and oxygen atoms in total. The Labute approximate surface area is 125 Å². The van der Waals surface area contributed by atoms with E-state index in [1.54, 1.807) is 0 Å². The topological polar surface area (TPSA) is 55.1 Å². The fraction of sp³-hybridized carbons (Fsp3) is 0.562. The zero-order chi connectivity index (χ0) is 14.4. The summed E-state index contributed by atoms with van der Waals surface area (Å²) in [5.74, 6) is 0.132. The summed E-state index contributed by atoms with van der Waals surface area (Å²) in [4.78, 5) is 12.7. The molecule has 3 N–H and O–H groups in total. The van der Waals surface area contributed by atoms with Gasteiger partial charge in [-0.25, -0.2) is 0 Å². The second-order valence-corrected chi connectivity index (χ2v) is 5.99. The third kappa shape index (κ3) is 3.33. The van der Waals surface area contributed by atoms with Crippen LogP contribution in [0.3, 0.4) is 0 Å². The summed E-state index contributed by atoms with van der Waals surface area (Å²) in [7, 11) is 0. The molecule has 0 bridgehead atoms. The van der Waals surface area contributed by atoms with Gasteiger partial charge in [0.15, 0.2) is 0 Å². The van der Waals surface area contributed by atoms with Gasteiger partial charge in [-0.1, -0.05) is 43.0 Å². The second kappa shape index (κ2) is 7.09. The Bertz CT molecular complexity index is 456. The fourth-order valence-electron chi connectivity index (χ4n) is 3.06. The van der Waals surface area contributed by atoms with Gasteiger partial charge in [-0.05, 0) is 43.5 Å². The third-order valence-electron chi connectivity index (χ3n) is 4.19. The molecule has 1 aromatic rings. The standard InChI is InChI=1S/C16H23ClN2O/c17-14-7-4-6-13(12-14)16(8-2-1-3-9-16)15(20)19-11-5-10-18/h4,6-7,12H,1-3,5,8-11,18H2,(H,19,20). The van der Waals surface area contributed by atoms with Crippen molar-refractivity contribution >= 4 is 17.5 Å². The Kier molecular flexibility index (Phi) is 5.44. The largest absolute Gasteiger partial charge is 0.355 e. The van der Waals surface area contributed by atoms with Crippen LogP contribution >= 0.6 is 11.6 Å². The lowest BCUT2D eigenvalue weighted by Gasteiger charge is -2.36. The lowest BCUT2D eigenvalue weighted by Crippen LogP contribution is -2.46. The molecule has 0 heterocycles. The van der Waals surface area contributed by atoms with Crippen LogP contribution in [0.1, 0.15) is 44.1 Å². The van der Waals surface area contributed by atoms with Gasteiger partial charge in [-0.15, -0.1) is 0 Å². The molecule has 4 heteroatoms. The Morgan fingerprint density at radius 3 is 2.70 bits per heavy atom. The maximum Gasteiger partial charge on any atom is 0.230 e. The smallest absolute Gasteiger partial charge is 0.230 e. The Morgan fingerprint density at radius 1 is 1.30 bits per heavy atom. The molecule has 1 saturated carbocycles. The van der Waals surface area contributed by atoms with Gasteiger partial charge in [-0.2, -0.15) is 0 Å². The number of carbonyl (C=O) groups excluding carboxylic acids is 1. The summed E-state index contributed by atoms with van der Waals surface area (Å²) in [5.41, 5.74) is 6.13. The summed E-state index contributed by atoms with van der Waals surface area (Å²) < 4.78 is 0. The Hall–Kier alpha value is -1.06. The molecule has 20 heavy (non-hydrogen) atoms. The molecule has 0 aliphatic heterocycles. The van der Waals surface area contributed by atoms with E-state index >= 15 is 0 Å². The summed E-state index contributed by atoms with van der Waals surface area (Å²) in [6.45, 7) is 1.25. The highest BCUT2D eigenvalue weighted by Crippen LogP contribution is 2.40. The first kappa shape index (κ1) is 15.3. The van der Waals surface area contributed by atoms with Crippen molar-refractivity contribution in [1.82, 2.24) is 5.32 Å². The molecule has 0 spiro atoms. The minimum Gasteiger partial charge on any atom is -0.355 e. The van der Waals surface area contributed by atoms with Crippen LogP contribution in [0.2, 0.25) is 5.02 Å². The molecule has 1 fully saturated rings. The SMILES string of the molecule is NCCCNC(=O)C1(c2cccc(Cl)c2)CCCCC1. The van der Waals surface area contributed by atoms with Crippen LogP contribution in [0.4, 0.5) is 0 Å². The van der Waals surface area contributed by atoms with E-state index in [9.17, 15) is 4.79 Å². The average Bonchev–Trinajstić information content (AvgIpc) is 2.48. The van der Waals surface area contributed by atoms with Gasteiger partial charge >= 0.3 is 0 Å². The molecule has 0 radical (unpaired) electrons. The predicted molar refractivity (Wildman–Crippen MR) is 82.9 cm³/mol. The first-order chi connectivity index (χ1) is 9.69. The van der Waals surface area contributed by atoms with Crippen LogP contribution in [0.15, 0.2) is 24.3 Å². The van der Waals surface area contributed by atoms with Crippen molar-refractivity contribution in [3.05, 3.63) is 34.9 Å². The highest BCUT2D eigenvalue weighted by Gasteiger charge is 2.40. The average molecular weight is 295 g/mol. The lowest BCUT2D eigenvalue weighted by molar-refractivity contribution is -0.128. The van der Waals surface area contributed by atoms with E-state index in [2.05, 4.69) is 5.32 Å². The van der Waals surface area contributed by atoms with Gasteiger partial charge in [-0.3, -0.25) is 4.79 Å². The number of carbonyl (C=O) groups is 1. The van der Waals surface area contributed by atoms with Crippen LogP contribution in [0.25, 0.3) is 0 Å². The Morgan fingerprint density at radius 2 is 2.05 bits per heavy atom. The van der Waals surface area contributed by atoms with Crippen LogP contribution in [0, 0.1) is 0 Å². The molecule has 0 unspecified atom stereocenters. The van der Waals surface area contributed by atoms with E-state index in [-0.39, 0.29) is 5.91 Å². The van der Waals surface area contributed by atoms with E-state index in [0.717, 1.165) is 37.7 Å². The van der Waals surface area contributed by atoms with Gasteiger partial charge in [0.05, 0.1) is 5.41 Å². The molecular weight excluding hydrogens is 272 g/mol. The van der Waals surface area contributed by atoms with E-state index < -0.39 is 5.41 Å². The minimum atomic E-state index is -0.405. The van der Waals surface area contributed by atoms with Crippen LogP contribution in [0.5, 0.6) is 0 Å². The molecule has 0 saturated heterocycles. The monoisotopic (exact) mass is 294 g/mol. The maximum atomic E-state index is 12.7. The highest BCUT2D eigenvalue weighted by atomic mass is 35.5. The molecule has 1 aliphatic carbocycles. The molecule has 1 amide bonds. The fourth-order valence-corrected chi connectivity index (χ4v) is 3.25. The van der Waals surface area contributed by atoms with E-state index in [0.29, 0.717) is 18.1 Å². The van der Waals surface area contributed by atoms with Crippen molar-refractivity contribution < 1.29 is 4.79 Å². The number of hydrogen-bond acceptors (Lipinski definition) is 2. The molecule has 2 rings (SSSR count). The number of hydrogen-bond donors (Lipinski definition) is 2. The first-order valence-electron chi connectivity index (χ1n) is 7.43. The van der Waals surface area contributed by atoms with E-state index in [1.165, 1.54) is 6.42 Å². The second-order valence-electron chi connectivity index (χ2n) is 5.55. The normalized spacial score (nSPS) is 17.7. The van der Waals surface area contributed by atoms with E-state index in [4.69, 9.17) is 17.3 Å². The molecule has 1 aliphatic rings. The number of rotatable bonds is 5. The summed E-state index contributed by atoms with van der Waals surface area (Å²) in [6, 6.07) is 7.75. The van der Waals surface area contributed by atoms with Crippen molar-refractivity contribution in [3.8, 4) is 0 Å². The zero-order valence-corrected chi connectivity index (χ0v) is 12.6. The van der Waals surface area contributed by atoms with Crippen molar-refractivity contribution in [2.45, 2.75) is 43.9 Å². The number of amides is 1.